The van der Waals surface area contributed by atoms with Gasteiger partial charge in [0.25, 0.3) is 0 Å². The van der Waals surface area contributed by atoms with Crippen LogP contribution < -0.4 is 0 Å². The third-order valence-electron chi connectivity index (χ3n) is 3.33. The van der Waals surface area contributed by atoms with Crippen LogP contribution in [-0.2, 0) is 5.41 Å². The van der Waals surface area contributed by atoms with Crippen molar-refractivity contribution in [3.63, 3.8) is 0 Å². The molecule has 0 spiro atoms. The fraction of sp³-hybridized carbons (Fsp3) is 0.529. The van der Waals surface area contributed by atoms with Gasteiger partial charge in [0.1, 0.15) is 11.5 Å². The van der Waals surface area contributed by atoms with Crippen LogP contribution in [0.5, 0.6) is 11.5 Å². The number of halogens is 1. The lowest BCUT2D eigenvalue weighted by Crippen LogP contribution is -2.16. The molecule has 1 rings (SSSR count). The fourth-order valence-corrected chi connectivity index (χ4v) is 2.08. The topological polar surface area (TPSA) is 40.5 Å². The first-order valence-corrected chi connectivity index (χ1v) is 7.88. The van der Waals surface area contributed by atoms with E-state index in [0.717, 1.165) is 22.9 Å². The highest BCUT2D eigenvalue weighted by Gasteiger charge is 2.22. The standard InChI is InChI=1S/C15H21BrO2.C2H6/c1-10(16)6-5-7-15(3,4)12-8-13(17)11(2)14(18)9-12;1-2/h6,8-9,17-18H,5,7H2,1-4H3;1-2H3/b10-6+;. The number of phenolic OH excluding ortho intramolecular Hbond substituents is 2. The molecule has 1 aromatic rings. The molecule has 114 valence electrons. The van der Waals surface area contributed by atoms with Gasteiger partial charge in [0.05, 0.1) is 0 Å². The molecule has 0 aromatic heterocycles. The molecule has 0 bridgehead atoms. The van der Waals surface area contributed by atoms with Gasteiger partial charge in [-0.15, -0.1) is 0 Å². The van der Waals surface area contributed by atoms with Crippen molar-refractivity contribution in [1.29, 1.82) is 0 Å². The zero-order valence-electron chi connectivity index (χ0n) is 13.4. The van der Waals surface area contributed by atoms with Crippen molar-refractivity contribution in [2.45, 2.75) is 59.8 Å². The van der Waals surface area contributed by atoms with Crippen molar-refractivity contribution in [3.05, 3.63) is 33.8 Å². The summed E-state index contributed by atoms with van der Waals surface area (Å²) in [4.78, 5) is 0. The second-order valence-corrected chi connectivity index (χ2v) is 6.60. The summed E-state index contributed by atoms with van der Waals surface area (Å²) < 4.78 is 1.13. The van der Waals surface area contributed by atoms with E-state index in [0.29, 0.717) is 5.56 Å². The summed E-state index contributed by atoms with van der Waals surface area (Å²) in [6, 6.07) is 3.50. The monoisotopic (exact) mass is 342 g/mol. The van der Waals surface area contributed by atoms with Crippen LogP contribution in [0.4, 0.5) is 0 Å². The number of aromatic hydroxyl groups is 2. The molecular formula is C17H27BrO2. The molecule has 20 heavy (non-hydrogen) atoms. The third kappa shape index (κ3) is 5.58. The first kappa shape index (κ1) is 19.0. The van der Waals surface area contributed by atoms with Gasteiger partial charge < -0.3 is 10.2 Å². The van der Waals surface area contributed by atoms with Crippen molar-refractivity contribution in [1.82, 2.24) is 0 Å². The predicted octanol–water partition coefficient (Wildman–Crippen LogP) is 5.79. The number of benzene rings is 1. The Morgan fingerprint density at radius 3 is 2.05 bits per heavy atom. The largest absolute Gasteiger partial charge is 0.508 e. The summed E-state index contributed by atoms with van der Waals surface area (Å²) in [6.45, 7) is 12.0. The maximum Gasteiger partial charge on any atom is 0.122 e. The highest BCUT2D eigenvalue weighted by molar-refractivity contribution is 9.11. The van der Waals surface area contributed by atoms with E-state index in [2.05, 4.69) is 35.9 Å². The number of allylic oxidation sites excluding steroid dienone is 2. The Labute approximate surface area is 131 Å². The van der Waals surface area contributed by atoms with Crippen molar-refractivity contribution >= 4 is 15.9 Å². The molecule has 2 nitrogen and oxygen atoms in total. The molecule has 2 N–H and O–H groups in total. The average Bonchev–Trinajstić information content (AvgIpc) is 2.37. The van der Waals surface area contributed by atoms with Gasteiger partial charge in [-0.1, -0.05) is 49.7 Å². The summed E-state index contributed by atoms with van der Waals surface area (Å²) in [5.74, 6) is 0.315. The van der Waals surface area contributed by atoms with Crippen LogP contribution in [-0.4, -0.2) is 10.2 Å². The molecule has 0 aliphatic heterocycles. The van der Waals surface area contributed by atoms with Crippen molar-refractivity contribution in [2.75, 3.05) is 0 Å². The molecule has 0 amide bonds. The average molecular weight is 343 g/mol. The van der Waals surface area contributed by atoms with E-state index < -0.39 is 0 Å². The van der Waals surface area contributed by atoms with Crippen LogP contribution >= 0.6 is 15.9 Å². The van der Waals surface area contributed by atoms with Gasteiger partial charge in [0.15, 0.2) is 0 Å². The summed E-state index contributed by atoms with van der Waals surface area (Å²) in [6.07, 6.45) is 4.05. The lowest BCUT2D eigenvalue weighted by atomic mass is 9.80. The van der Waals surface area contributed by atoms with Crippen LogP contribution in [0.1, 0.15) is 58.6 Å². The van der Waals surface area contributed by atoms with E-state index in [1.807, 2.05) is 20.8 Å². The normalized spacial score (nSPS) is 11.8. The van der Waals surface area contributed by atoms with Crippen LogP contribution in [0.15, 0.2) is 22.7 Å². The zero-order chi connectivity index (χ0) is 15.9. The minimum Gasteiger partial charge on any atom is -0.508 e. The van der Waals surface area contributed by atoms with Gasteiger partial charge in [0.2, 0.25) is 0 Å². The first-order valence-electron chi connectivity index (χ1n) is 7.09. The number of hydrogen-bond donors (Lipinski definition) is 2. The van der Waals surface area contributed by atoms with E-state index in [-0.39, 0.29) is 16.9 Å². The van der Waals surface area contributed by atoms with Gasteiger partial charge in [-0.2, -0.15) is 0 Å². The molecule has 0 saturated carbocycles. The van der Waals surface area contributed by atoms with Gasteiger partial charge in [-0.25, -0.2) is 0 Å². The molecule has 0 heterocycles. The van der Waals surface area contributed by atoms with Gasteiger partial charge in [-0.05, 0) is 54.3 Å². The molecule has 0 unspecified atom stereocenters. The molecule has 0 saturated heterocycles. The predicted molar refractivity (Wildman–Crippen MR) is 90.8 cm³/mol. The van der Waals surface area contributed by atoms with Crippen LogP contribution in [0.3, 0.4) is 0 Å². The Balaban J connectivity index is 0.00000172. The third-order valence-corrected chi connectivity index (χ3v) is 3.65. The number of rotatable bonds is 4. The molecule has 0 radical (unpaired) electrons. The summed E-state index contributed by atoms with van der Waals surface area (Å²) in [5.41, 5.74) is 1.41. The van der Waals surface area contributed by atoms with E-state index in [1.54, 1.807) is 19.1 Å². The molecular weight excluding hydrogens is 316 g/mol. The van der Waals surface area contributed by atoms with E-state index in [4.69, 9.17) is 0 Å². The van der Waals surface area contributed by atoms with Crippen molar-refractivity contribution in [2.24, 2.45) is 0 Å². The summed E-state index contributed by atoms with van der Waals surface area (Å²) in [5, 5.41) is 19.6. The van der Waals surface area contributed by atoms with Crippen LogP contribution in [0, 0.1) is 6.92 Å². The minimum absolute atomic E-state index is 0.0817. The smallest absolute Gasteiger partial charge is 0.122 e. The lowest BCUT2D eigenvalue weighted by Gasteiger charge is -2.25. The van der Waals surface area contributed by atoms with Gasteiger partial charge >= 0.3 is 0 Å². The second kappa shape index (κ2) is 8.35. The highest BCUT2D eigenvalue weighted by Crippen LogP contribution is 2.36. The van der Waals surface area contributed by atoms with Crippen molar-refractivity contribution < 1.29 is 10.2 Å². The maximum atomic E-state index is 9.78. The Bertz CT molecular complexity index is 435. The Morgan fingerprint density at radius 1 is 1.20 bits per heavy atom. The molecule has 1 aromatic carbocycles. The molecule has 0 aliphatic rings. The second-order valence-electron chi connectivity index (χ2n) is 5.35. The minimum atomic E-state index is -0.0817. The summed E-state index contributed by atoms with van der Waals surface area (Å²) in [7, 11) is 0. The van der Waals surface area contributed by atoms with Crippen molar-refractivity contribution in [3.8, 4) is 11.5 Å². The van der Waals surface area contributed by atoms with E-state index in [9.17, 15) is 10.2 Å². The quantitative estimate of drug-likeness (QED) is 0.726. The Hall–Kier alpha value is -0.960. The molecule has 0 fully saturated rings. The fourth-order valence-electron chi connectivity index (χ4n) is 1.85. The first-order chi connectivity index (χ1) is 9.24. The van der Waals surface area contributed by atoms with E-state index >= 15 is 0 Å². The maximum absolute atomic E-state index is 9.78. The zero-order valence-corrected chi connectivity index (χ0v) is 15.0. The van der Waals surface area contributed by atoms with Gasteiger partial charge in [-0.3, -0.25) is 0 Å². The highest BCUT2D eigenvalue weighted by atomic mass is 79.9. The Morgan fingerprint density at radius 2 is 1.65 bits per heavy atom. The molecule has 0 atom stereocenters. The lowest BCUT2D eigenvalue weighted by molar-refractivity contribution is 0.429. The molecule has 3 heteroatoms. The Kier molecular flexibility index (Phi) is 7.95. The number of hydrogen-bond acceptors (Lipinski definition) is 2. The number of phenols is 2. The van der Waals surface area contributed by atoms with Crippen LogP contribution in [0.25, 0.3) is 0 Å². The van der Waals surface area contributed by atoms with Gasteiger partial charge in [0, 0.05) is 5.56 Å². The van der Waals surface area contributed by atoms with Crippen LogP contribution in [0.2, 0.25) is 0 Å². The molecule has 0 aliphatic carbocycles. The van der Waals surface area contributed by atoms with E-state index in [1.165, 1.54) is 0 Å². The SMILES string of the molecule is C/C(Br)=C\CCC(C)(C)c1cc(O)c(C)c(O)c1.CC. The summed E-state index contributed by atoms with van der Waals surface area (Å²) >= 11 is 3.41.